The van der Waals surface area contributed by atoms with Gasteiger partial charge >= 0.3 is 0 Å². The number of nitrogens with two attached hydrogens (primary N) is 1. The average Bonchev–Trinajstić information content (AvgIpc) is 2.18. The van der Waals surface area contributed by atoms with E-state index in [0.29, 0.717) is 11.6 Å². The van der Waals surface area contributed by atoms with E-state index in [-0.39, 0.29) is 12.1 Å². The first-order valence-corrected chi connectivity index (χ1v) is 6.52. The zero-order valence-electron chi connectivity index (χ0n) is 11.5. The third-order valence-corrected chi connectivity index (χ3v) is 3.07. The van der Waals surface area contributed by atoms with Crippen LogP contribution in [0.4, 0.5) is 0 Å². The van der Waals surface area contributed by atoms with Crippen molar-refractivity contribution in [1.82, 2.24) is 4.90 Å². The minimum Gasteiger partial charge on any atom is -0.389 e. The van der Waals surface area contributed by atoms with Gasteiger partial charge in [0.25, 0.3) is 0 Å². The van der Waals surface area contributed by atoms with Crippen molar-refractivity contribution in [3.63, 3.8) is 0 Å². The molecule has 0 aliphatic heterocycles. The van der Waals surface area contributed by atoms with Crippen molar-refractivity contribution in [2.75, 3.05) is 13.6 Å². The van der Waals surface area contributed by atoms with Crippen LogP contribution in [0.3, 0.4) is 0 Å². The van der Waals surface area contributed by atoms with E-state index in [0.717, 1.165) is 5.56 Å². The molecule has 4 heteroatoms. The highest BCUT2D eigenvalue weighted by molar-refractivity contribution is 6.30. The fourth-order valence-corrected chi connectivity index (χ4v) is 2.45. The smallest absolute Gasteiger partial charge is 0.0718 e. The summed E-state index contributed by atoms with van der Waals surface area (Å²) in [5.41, 5.74) is 6.44. The van der Waals surface area contributed by atoms with E-state index in [2.05, 4.69) is 4.90 Å². The van der Waals surface area contributed by atoms with Crippen molar-refractivity contribution >= 4 is 11.6 Å². The minimum atomic E-state index is -0.742. The summed E-state index contributed by atoms with van der Waals surface area (Å²) in [4.78, 5) is 2.08. The summed E-state index contributed by atoms with van der Waals surface area (Å²) in [5, 5.41) is 10.6. The lowest BCUT2D eigenvalue weighted by Gasteiger charge is -2.35. The van der Waals surface area contributed by atoms with Gasteiger partial charge in [0.2, 0.25) is 0 Å². The highest BCUT2D eigenvalue weighted by atomic mass is 35.5. The van der Waals surface area contributed by atoms with E-state index < -0.39 is 5.60 Å². The predicted molar refractivity (Wildman–Crippen MR) is 76.8 cm³/mol. The molecule has 0 saturated heterocycles. The second kappa shape index (κ2) is 6.02. The van der Waals surface area contributed by atoms with Crippen molar-refractivity contribution in [3.8, 4) is 0 Å². The Morgan fingerprint density at radius 3 is 2.22 bits per heavy atom. The normalized spacial score (nSPS) is 15.8. The molecule has 2 unspecified atom stereocenters. The number of halogens is 1. The van der Waals surface area contributed by atoms with Gasteiger partial charge in [0, 0.05) is 23.7 Å². The Hall–Kier alpha value is -0.610. The molecule has 0 saturated carbocycles. The Balaban J connectivity index is 2.92. The Bertz CT molecular complexity index is 370. The molecule has 0 fully saturated rings. The van der Waals surface area contributed by atoms with Crippen LogP contribution in [0.15, 0.2) is 24.3 Å². The van der Waals surface area contributed by atoms with Crippen LogP contribution in [0.2, 0.25) is 5.02 Å². The van der Waals surface area contributed by atoms with E-state index in [9.17, 15) is 5.11 Å². The van der Waals surface area contributed by atoms with Gasteiger partial charge in [-0.05, 0) is 45.5 Å². The third kappa shape index (κ3) is 4.58. The van der Waals surface area contributed by atoms with Gasteiger partial charge in [-0.15, -0.1) is 0 Å². The highest BCUT2D eigenvalue weighted by Gasteiger charge is 2.25. The molecule has 3 N–H and O–H groups in total. The first kappa shape index (κ1) is 15.4. The van der Waals surface area contributed by atoms with Crippen LogP contribution < -0.4 is 5.73 Å². The summed E-state index contributed by atoms with van der Waals surface area (Å²) in [5.74, 6) is 0. The van der Waals surface area contributed by atoms with Crippen LogP contribution >= 0.6 is 11.6 Å². The molecule has 0 amide bonds. The van der Waals surface area contributed by atoms with Gasteiger partial charge in [0.1, 0.15) is 0 Å². The number of hydrogen-bond donors (Lipinski definition) is 2. The van der Waals surface area contributed by atoms with Gasteiger partial charge in [0.15, 0.2) is 0 Å². The molecule has 0 aliphatic carbocycles. The molecular formula is C14H23ClN2O. The molecule has 1 aromatic rings. The SMILES string of the molecule is CC(N)C(c1ccc(Cl)cc1)N(C)CC(C)(C)O. The van der Waals surface area contributed by atoms with Crippen LogP contribution in [0.5, 0.6) is 0 Å². The first-order chi connectivity index (χ1) is 8.20. The minimum absolute atomic E-state index is 0.0291. The summed E-state index contributed by atoms with van der Waals surface area (Å²) in [6.07, 6.45) is 0. The summed E-state index contributed by atoms with van der Waals surface area (Å²) in [6, 6.07) is 7.73. The van der Waals surface area contributed by atoms with Gasteiger partial charge < -0.3 is 10.8 Å². The molecule has 2 atom stereocenters. The maximum absolute atomic E-state index is 9.91. The van der Waals surface area contributed by atoms with Gasteiger partial charge in [-0.2, -0.15) is 0 Å². The molecule has 0 heterocycles. The van der Waals surface area contributed by atoms with Gasteiger partial charge in [-0.25, -0.2) is 0 Å². The summed E-state index contributed by atoms with van der Waals surface area (Å²) < 4.78 is 0. The number of hydrogen-bond acceptors (Lipinski definition) is 3. The Morgan fingerprint density at radius 1 is 1.33 bits per heavy atom. The average molecular weight is 271 g/mol. The van der Waals surface area contributed by atoms with Crippen LogP contribution in [0.25, 0.3) is 0 Å². The maximum atomic E-state index is 9.91. The number of likely N-dealkylation sites (N-methyl/N-ethyl adjacent to an activating group) is 1. The summed E-state index contributed by atoms with van der Waals surface area (Å²) >= 11 is 5.90. The third-order valence-electron chi connectivity index (χ3n) is 2.82. The molecular weight excluding hydrogens is 248 g/mol. The summed E-state index contributed by atoms with van der Waals surface area (Å²) in [7, 11) is 1.97. The van der Waals surface area contributed by atoms with E-state index in [1.165, 1.54) is 0 Å². The van der Waals surface area contributed by atoms with Crippen LogP contribution in [0, 0.1) is 0 Å². The zero-order valence-corrected chi connectivity index (χ0v) is 12.3. The Labute approximate surface area is 115 Å². The second-order valence-electron chi connectivity index (χ2n) is 5.58. The van der Waals surface area contributed by atoms with Crippen molar-refractivity contribution in [3.05, 3.63) is 34.9 Å². The maximum Gasteiger partial charge on any atom is 0.0718 e. The molecule has 3 nitrogen and oxygen atoms in total. The topological polar surface area (TPSA) is 49.5 Å². The molecule has 102 valence electrons. The molecule has 18 heavy (non-hydrogen) atoms. The first-order valence-electron chi connectivity index (χ1n) is 6.14. The van der Waals surface area contributed by atoms with Crippen LogP contribution in [-0.2, 0) is 0 Å². The fourth-order valence-electron chi connectivity index (χ4n) is 2.33. The number of nitrogens with zero attached hydrogens (tertiary/aromatic N) is 1. The molecule has 0 spiro atoms. The summed E-state index contributed by atoms with van der Waals surface area (Å²) in [6.45, 7) is 6.12. The largest absolute Gasteiger partial charge is 0.389 e. The fraction of sp³-hybridized carbons (Fsp3) is 0.571. The van der Waals surface area contributed by atoms with Crippen molar-refractivity contribution in [1.29, 1.82) is 0 Å². The lowest BCUT2D eigenvalue weighted by molar-refractivity contribution is 0.0278. The lowest BCUT2D eigenvalue weighted by Crippen LogP contribution is -2.43. The lowest BCUT2D eigenvalue weighted by atomic mass is 9.98. The molecule has 0 aromatic heterocycles. The van der Waals surface area contributed by atoms with Gasteiger partial charge in [-0.3, -0.25) is 4.90 Å². The van der Waals surface area contributed by atoms with Gasteiger partial charge in [-0.1, -0.05) is 23.7 Å². The molecule has 0 aliphatic rings. The van der Waals surface area contributed by atoms with Crippen molar-refractivity contribution < 1.29 is 5.11 Å². The van der Waals surface area contributed by atoms with Crippen molar-refractivity contribution in [2.45, 2.75) is 38.5 Å². The van der Waals surface area contributed by atoms with Crippen LogP contribution in [-0.4, -0.2) is 35.2 Å². The van der Waals surface area contributed by atoms with E-state index in [1.807, 2.05) is 38.2 Å². The zero-order chi connectivity index (χ0) is 13.9. The van der Waals surface area contributed by atoms with E-state index in [1.54, 1.807) is 13.8 Å². The number of aliphatic hydroxyl groups is 1. The standard InChI is InChI=1S/C14H23ClN2O/c1-10(16)13(17(4)9-14(2,3)18)11-5-7-12(15)8-6-11/h5-8,10,13,18H,9,16H2,1-4H3. The monoisotopic (exact) mass is 270 g/mol. The number of benzene rings is 1. The van der Waals surface area contributed by atoms with Crippen LogP contribution in [0.1, 0.15) is 32.4 Å². The van der Waals surface area contributed by atoms with Gasteiger partial charge in [0.05, 0.1) is 5.60 Å². The molecule has 1 aromatic carbocycles. The van der Waals surface area contributed by atoms with E-state index >= 15 is 0 Å². The second-order valence-corrected chi connectivity index (χ2v) is 6.02. The predicted octanol–water partition coefficient (Wildman–Crippen LogP) is 2.43. The highest BCUT2D eigenvalue weighted by Crippen LogP contribution is 2.25. The quantitative estimate of drug-likeness (QED) is 0.864. The molecule has 0 radical (unpaired) electrons. The molecule has 1 rings (SSSR count). The van der Waals surface area contributed by atoms with E-state index in [4.69, 9.17) is 17.3 Å². The Kier molecular flexibility index (Phi) is 5.17. The molecule has 0 bridgehead atoms. The van der Waals surface area contributed by atoms with Crippen molar-refractivity contribution in [2.24, 2.45) is 5.73 Å². The number of rotatable bonds is 5. The Morgan fingerprint density at radius 2 is 1.83 bits per heavy atom.